The van der Waals surface area contributed by atoms with Gasteiger partial charge in [0.25, 0.3) is 0 Å². The molecule has 92 valence electrons. The van der Waals surface area contributed by atoms with E-state index in [1.165, 1.54) is 35.6 Å². The lowest BCUT2D eigenvalue weighted by Gasteiger charge is -2.27. The Hall–Kier alpha value is -0.670. The summed E-state index contributed by atoms with van der Waals surface area (Å²) < 4.78 is 0. The first kappa shape index (κ1) is 11.4. The van der Waals surface area contributed by atoms with Gasteiger partial charge in [0.2, 0.25) is 0 Å². The number of nitrogens with one attached hydrogen (secondary N) is 1. The number of thioether (sulfide) groups is 1. The van der Waals surface area contributed by atoms with Crippen LogP contribution in [0.3, 0.4) is 0 Å². The monoisotopic (exact) mass is 248 g/mol. The molecule has 1 aromatic carbocycles. The van der Waals surface area contributed by atoms with Crippen molar-refractivity contribution in [1.29, 1.82) is 0 Å². The van der Waals surface area contributed by atoms with Crippen molar-refractivity contribution < 1.29 is 0 Å². The number of fused-ring (bicyclic) bond motifs is 1. The molecule has 1 aromatic rings. The molecule has 2 nitrogen and oxygen atoms in total. The molecular weight excluding hydrogens is 228 g/mol. The minimum Gasteiger partial charge on any atom is -0.370 e. The van der Waals surface area contributed by atoms with Crippen molar-refractivity contribution in [2.75, 3.05) is 30.8 Å². The maximum atomic E-state index is 3.44. The van der Waals surface area contributed by atoms with Gasteiger partial charge in [-0.3, -0.25) is 0 Å². The Morgan fingerprint density at radius 3 is 3.18 bits per heavy atom. The van der Waals surface area contributed by atoms with Gasteiger partial charge in [0.15, 0.2) is 0 Å². The van der Waals surface area contributed by atoms with E-state index in [-0.39, 0.29) is 0 Å². The van der Waals surface area contributed by atoms with Gasteiger partial charge in [-0.1, -0.05) is 0 Å². The first-order valence-corrected chi connectivity index (χ1v) is 7.52. The maximum absolute atomic E-state index is 3.44. The fourth-order valence-corrected chi connectivity index (χ4v) is 3.77. The highest BCUT2D eigenvalue weighted by Crippen LogP contribution is 2.33. The Balaban J connectivity index is 1.82. The van der Waals surface area contributed by atoms with Crippen LogP contribution in [0.5, 0.6) is 0 Å². The molecule has 2 aliphatic rings. The van der Waals surface area contributed by atoms with Gasteiger partial charge in [-0.25, -0.2) is 0 Å². The van der Waals surface area contributed by atoms with Gasteiger partial charge in [0.05, 0.1) is 0 Å². The molecule has 0 amide bonds. The normalized spacial score (nSPS) is 23.5. The zero-order chi connectivity index (χ0) is 11.7. The van der Waals surface area contributed by atoms with Crippen molar-refractivity contribution in [1.82, 2.24) is 5.32 Å². The number of hydrogen-bond donors (Lipinski definition) is 1. The zero-order valence-corrected chi connectivity index (χ0v) is 11.2. The minimum atomic E-state index is 0.671. The van der Waals surface area contributed by atoms with Gasteiger partial charge in [-0.15, -0.1) is 11.8 Å². The molecule has 3 rings (SSSR count). The van der Waals surface area contributed by atoms with Gasteiger partial charge in [-0.05, 0) is 55.3 Å². The Labute approximate surface area is 108 Å². The molecule has 3 heteroatoms. The van der Waals surface area contributed by atoms with Crippen LogP contribution in [0, 0.1) is 0 Å². The van der Waals surface area contributed by atoms with Crippen molar-refractivity contribution in [2.45, 2.75) is 30.2 Å². The number of nitrogens with zero attached hydrogens (tertiary/aromatic N) is 1. The highest BCUT2D eigenvalue weighted by molar-refractivity contribution is 7.99. The predicted molar refractivity (Wildman–Crippen MR) is 75.2 cm³/mol. The van der Waals surface area contributed by atoms with E-state index >= 15 is 0 Å². The number of likely N-dealkylation sites (N-methyl/N-ethyl adjacent to an activating group) is 1. The van der Waals surface area contributed by atoms with Gasteiger partial charge in [0, 0.05) is 30.2 Å². The molecule has 1 N–H and O–H groups in total. The molecule has 2 heterocycles. The largest absolute Gasteiger partial charge is 0.370 e. The smallest absolute Gasteiger partial charge is 0.0423 e. The second-order valence-electron chi connectivity index (χ2n) is 5.00. The molecule has 2 aliphatic heterocycles. The van der Waals surface area contributed by atoms with Crippen molar-refractivity contribution in [3.05, 3.63) is 23.8 Å². The molecule has 0 bridgehead atoms. The minimum absolute atomic E-state index is 0.671. The summed E-state index contributed by atoms with van der Waals surface area (Å²) in [4.78, 5) is 3.94. The van der Waals surface area contributed by atoms with E-state index in [1.807, 2.05) is 11.8 Å². The molecule has 1 unspecified atom stereocenters. The van der Waals surface area contributed by atoms with Crippen molar-refractivity contribution >= 4 is 17.4 Å². The van der Waals surface area contributed by atoms with Crippen LogP contribution in [0.4, 0.5) is 5.69 Å². The maximum Gasteiger partial charge on any atom is 0.0423 e. The quantitative estimate of drug-likeness (QED) is 0.866. The standard InChI is InChI=1S/C14H20N2S/c1-16(13-6-7-15-10-13)12-4-5-14-11(9-12)3-2-8-17-14/h4-5,9,13,15H,2-3,6-8,10H2,1H3. The lowest BCUT2D eigenvalue weighted by Crippen LogP contribution is -2.33. The van der Waals surface area contributed by atoms with Crippen LogP contribution < -0.4 is 10.2 Å². The number of anilines is 1. The highest BCUT2D eigenvalue weighted by atomic mass is 32.2. The van der Waals surface area contributed by atoms with Crippen molar-refractivity contribution in [3.8, 4) is 0 Å². The van der Waals surface area contributed by atoms with Crippen LogP contribution in [-0.4, -0.2) is 31.9 Å². The molecule has 0 aliphatic carbocycles. The predicted octanol–water partition coefficient (Wildman–Crippen LogP) is 2.52. The molecule has 0 saturated carbocycles. The summed E-state index contributed by atoms with van der Waals surface area (Å²) in [5.74, 6) is 1.29. The van der Waals surface area contributed by atoms with Crippen LogP contribution in [0.2, 0.25) is 0 Å². The van der Waals surface area contributed by atoms with Crippen LogP contribution in [0.15, 0.2) is 23.1 Å². The van der Waals surface area contributed by atoms with Gasteiger partial charge in [-0.2, -0.15) is 0 Å². The van der Waals surface area contributed by atoms with Crippen LogP contribution in [0.1, 0.15) is 18.4 Å². The van der Waals surface area contributed by atoms with Gasteiger partial charge < -0.3 is 10.2 Å². The van der Waals surface area contributed by atoms with E-state index in [9.17, 15) is 0 Å². The third-order valence-electron chi connectivity index (χ3n) is 3.88. The lowest BCUT2D eigenvalue weighted by molar-refractivity contribution is 0.684. The second kappa shape index (κ2) is 4.91. The molecule has 1 fully saturated rings. The molecular formula is C14H20N2S. The van der Waals surface area contributed by atoms with Crippen molar-refractivity contribution in [2.24, 2.45) is 0 Å². The van der Waals surface area contributed by atoms with Gasteiger partial charge in [0.1, 0.15) is 0 Å². The zero-order valence-electron chi connectivity index (χ0n) is 10.4. The van der Waals surface area contributed by atoms with E-state index < -0.39 is 0 Å². The Morgan fingerprint density at radius 1 is 1.41 bits per heavy atom. The average molecular weight is 248 g/mol. The Morgan fingerprint density at radius 2 is 2.35 bits per heavy atom. The van der Waals surface area contributed by atoms with Gasteiger partial charge >= 0.3 is 0 Å². The lowest BCUT2D eigenvalue weighted by atomic mass is 10.1. The molecule has 1 saturated heterocycles. The van der Waals surface area contributed by atoms with E-state index in [4.69, 9.17) is 0 Å². The molecule has 1 atom stereocenters. The van der Waals surface area contributed by atoms with Crippen LogP contribution in [0.25, 0.3) is 0 Å². The highest BCUT2D eigenvalue weighted by Gasteiger charge is 2.20. The molecule has 17 heavy (non-hydrogen) atoms. The average Bonchev–Trinajstić information content (AvgIpc) is 2.91. The molecule has 0 aromatic heterocycles. The summed E-state index contributed by atoms with van der Waals surface area (Å²) in [6, 6.07) is 7.67. The third kappa shape index (κ3) is 2.31. The summed E-state index contributed by atoms with van der Waals surface area (Å²) in [6.07, 6.45) is 3.85. The summed E-state index contributed by atoms with van der Waals surface area (Å²) in [7, 11) is 2.23. The topological polar surface area (TPSA) is 15.3 Å². The number of benzene rings is 1. The fourth-order valence-electron chi connectivity index (χ4n) is 2.75. The first-order chi connectivity index (χ1) is 8.34. The SMILES string of the molecule is CN(c1ccc2c(c1)CCCS2)C1CCNC1. The number of rotatable bonds is 2. The summed E-state index contributed by atoms with van der Waals surface area (Å²) >= 11 is 2.01. The first-order valence-electron chi connectivity index (χ1n) is 6.54. The molecule has 0 spiro atoms. The third-order valence-corrected chi connectivity index (χ3v) is 5.08. The van der Waals surface area contributed by atoms with E-state index in [0.717, 1.165) is 13.1 Å². The Kier molecular flexibility index (Phi) is 3.30. The summed E-state index contributed by atoms with van der Waals surface area (Å²) in [5.41, 5.74) is 2.94. The Bertz CT molecular complexity index is 399. The number of aryl methyl sites for hydroxylation is 1. The van der Waals surface area contributed by atoms with E-state index in [1.54, 1.807) is 5.56 Å². The van der Waals surface area contributed by atoms with Crippen molar-refractivity contribution in [3.63, 3.8) is 0 Å². The number of hydrogen-bond acceptors (Lipinski definition) is 3. The van der Waals surface area contributed by atoms with Crippen LogP contribution >= 0.6 is 11.8 Å². The second-order valence-corrected chi connectivity index (χ2v) is 6.14. The molecule has 0 radical (unpaired) electrons. The van der Waals surface area contributed by atoms with E-state index in [2.05, 4.69) is 35.5 Å². The van der Waals surface area contributed by atoms with Crippen LogP contribution in [-0.2, 0) is 6.42 Å². The summed E-state index contributed by atoms with van der Waals surface area (Å²) in [6.45, 7) is 2.29. The van der Waals surface area contributed by atoms with E-state index in [0.29, 0.717) is 6.04 Å². The summed E-state index contributed by atoms with van der Waals surface area (Å²) in [5, 5.41) is 3.44. The fraction of sp³-hybridized carbons (Fsp3) is 0.571.